The monoisotopic (exact) mass is 264 g/mol. The molecule has 7 heteroatoms. The average Bonchev–Trinajstić information content (AvgIpc) is 2.76. The van der Waals surface area contributed by atoms with Gasteiger partial charge >= 0.3 is 0 Å². The van der Waals surface area contributed by atoms with Crippen LogP contribution in [0.25, 0.3) is 0 Å². The van der Waals surface area contributed by atoms with Crippen LogP contribution in [0.3, 0.4) is 0 Å². The van der Waals surface area contributed by atoms with Crippen molar-refractivity contribution in [1.29, 1.82) is 0 Å². The van der Waals surface area contributed by atoms with E-state index < -0.39 is 10.0 Å². The summed E-state index contributed by atoms with van der Waals surface area (Å²) in [6.07, 6.45) is 2.57. The predicted octanol–water partition coefficient (Wildman–Crippen LogP) is -0.389. The molecule has 2 N–H and O–H groups in total. The van der Waals surface area contributed by atoms with E-state index in [1.807, 2.05) is 0 Å². The minimum Gasteiger partial charge on any atom is -0.376 e. The van der Waals surface area contributed by atoms with Crippen molar-refractivity contribution in [1.82, 2.24) is 10.0 Å². The minimum absolute atomic E-state index is 0.0476. The Labute approximate surface area is 102 Å². The maximum atomic E-state index is 11.4. The molecule has 1 atom stereocenters. The summed E-state index contributed by atoms with van der Waals surface area (Å²) in [7, 11) is -3.31. The molecule has 1 heterocycles. The highest BCUT2D eigenvalue weighted by molar-refractivity contribution is 7.89. The van der Waals surface area contributed by atoms with Gasteiger partial charge in [0.15, 0.2) is 0 Å². The Bertz CT molecular complexity index is 336. The Morgan fingerprint density at radius 3 is 2.82 bits per heavy atom. The van der Waals surface area contributed by atoms with Crippen molar-refractivity contribution < 1.29 is 17.9 Å². The number of ether oxygens (including phenoxy) is 1. The number of amides is 1. The highest BCUT2D eigenvalue weighted by Crippen LogP contribution is 2.10. The highest BCUT2D eigenvalue weighted by atomic mass is 32.2. The molecule has 1 saturated heterocycles. The summed E-state index contributed by atoms with van der Waals surface area (Å²) in [5.41, 5.74) is 0. The first kappa shape index (κ1) is 14.4. The number of carbonyl (C=O) groups is 1. The van der Waals surface area contributed by atoms with Crippen LogP contribution in [0, 0.1) is 0 Å². The van der Waals surface area contributed by atoms with E-state index in [0.717, 1.165) is 19.4 Å². The van der Waals surface area contributed by atoms with Crippen molar-refractivity contribution in [2.45, 2.75) is 32.3 Å². The van der Waals surface area contributed by atoms with Crippen molar-refractivity contribution in [3.8, 4) is 0 Å². The molecule has 100 valence electrons. The highest BCUT2D eigenvalue weighted by Gasteiger charge is 2.16. The number of carbonyl (C=O) groups excluding carboxylic acids is 1. The van der Waals surface area contributed by atoms with E-state index in [9.17, 15) is 13.2 Å². The third-order valence-corrected chi connectivity index (χ3v) is 4.01. The molecule has 1 rings (SSSR count). The maximum absolute atomic E-state index is 11.4. The van der Waals surface area contributed by atoms with Crippen LogP contribution in [0.4, 0.5) is 0 Å². The summed E-state index contributed by atoms with van der Waals surface area (Å²) >= 11 is 0. The summed E-state index contributed by atoms with van der Waals surface area (Å²) in [6, 6.07) is 0. The molecule has 0 spiro atoms. The van der Waals surface area contributed by atoms with Crippen molar-refractivity contribution in [2.24, 2.45) is 0 Å². The van der Waals surface area contributed by atoms with Crippen molar-refractivity contribution in [3.05, 3.63) is 0 Å². The molecular formula is C10H20N2O4S. The van der Waals surface area contributed by atoms with Gasteiger partial charge in [-0.05, 0) is 19.3 Å². The van der Waals surface area contributed by atoms with Gasteiger partial charge in [-0.2, -0.15) is 0 Å². The first-order chi connectivity index (χ1) is 8.03. The molecule has 0 aliphatic carbocycles. The van der Waals surface area contributed by atoms with Gasteiger partial charge in [0.05, 0.1) is 18.4 Å². The number of hydrogen-bond donors (Lipinski definition) is 2. The topological polar surface area (TPSA) is 84.5 Å². The molecule has 0 saturated carbocycles. The van der Waals surface area contributed by atoms with Gasteiger partial charge in [0.2, 0.25) is 15.9 Å². The van der Waals surface area contributed by atoms with Gasteiger partial charge in [0, 0.05) is 13.2 Å². The smallest absolute Gasteiger partial charge is 0.235 e. The average molecular weight is 264 g/mol. The van der Waals surface area contributed by atoms with Crippen molar-refractivity contribution >= 4 is 15.9 Å². The van der Waals surface area contributed by atoms with E-state index in [1.165, 1.54) is 0 Å². The van der Waals surface area contributed by atoms with Crippen LogP contribution in [0.1, 0.15) is 26.2 Å². The molecule has 0 bridgehead atoms. The second-order valence-electron chi connectivity index (χ2n) is 4.08. The lowest BCUT2D eigenvalue weighted by atomic mass is 10.2. The van der Waals surface area contributed by atoms with E-state index in [0.29, 0.717) is 13.0 Å². The SMILES string of the molecule is CCCS(=O)(=O)NCC(=O)NCC1CCCO1. The number of rotatable bonds is 7. The lowest BCUT2D eigenvalue weighted by Gasteiger charge is -2.11. The van der Waals surface area contributed by atoms with Gasteiger partial charge < -0.3 is 10.1 Å². The fraction of sp³-hybridized carbons (Fsp3) is 0.900. The van der Waals surface area contributed by atoms with Crippen molar-refractivity contribution in [3.63, 3.8) is 0 Å². The number of hydrogen-bond acceptors (Lipinski definition) is 4. The van der Waals surface area contributed by atoms with E-state index in [2.05, 4.69) is 10.0 Å². The van der Waals surface area contributed by atoms with Crippen LogP contribution in [-0.2, 0) is 19.6 Å². The molecule has 1 amide bonds. The van der Waals surface area contributed by atoms with Gasteiger partial charge in [-0.3, -0.25) is 4.79 Å². The molecule has 1 unspecified atom stereocenters. The lowest BCUT2D eigenvalue weighted by molar-refractivity contribution is -0.120. The zero-order valence-electron chi connectivity index (χ0n) is 10.1. The second kappa shape index (κ2) is 6.93. The molecule has 6 nitrogen and oxygen atoms in total. The normalized spacial score (nSPS) is 20.4. The first-order valence-corrected chi connectivity index (χ1v) is 7.54. The lowest BCUT2D eigenvalue weighted by Crippen LogP contribution is -2.40. The van der Waals surface area contributed by atoms with Gasteiger partial charge in [-0.25, -0.2) is 13.1 Å². The van der Waals surface area contributed by atoms with E-state index in [1.54, 1.807) is 6.92 Å². The summed E-state index contributed by atoms with van der Waals surface area (Å²) in [5, 5.41) is 2.65. The van der Waals surface area contributed by atoms with Gasteiger partial charge in [-0.1, -0.05) is 6.92 Å². The van der Waals surface area contributed by atoms with E-state index in [4.69, 9.17) is 4.74 Å². The van der Waals surface area contributed by atoms with Crippen LogP contribution in [0.5, 0.6) is 0 Å². The number of sulfonamides is 1. The van der Waals surface area contributed by atoms with E-state index >= 15 is 0 Å². The van der Waals surface area contributed by atoms with Crippen LogP contribution >= 0.6 is 0 Å². The molecule has 0 aromatic carbocycles. The van der Waals surface area contributed by atoms with E-state index in [-0.39, 0.29) is 24.3 Å². The summed E-state index contributed by atoms with van der Waals surface area (Å²) in [6.45, 7) is 2.77. The molecule has 1 aliphatic rings. The molecule has 0 radical (unpaired) electrons. The van der Waals surface area contributed by atoms with Gasteiger partial charge in [-0.15, -0.1) is 0 Å². The molecule has 1 aliphatic heterocycles. The molecule has 0 aromatic heterocycles. The summed E-state index contributed by atoms with van der Waals surface area (Å²) in [4.78, 5) is 11.4. The zero-order chi connectivity index (χ0) is 12.7. The quantitative estimate of drug-likeness (QED) is 0.656. The predicted molar refractivity (Wildman–Crippen MR) is 64.1 cm³/mol. The van der Waals surface area contributed by atoms with Crippen LogP contribution in [-0.4, -0.2) is 45.9 Å². The third-order valence-electron chi connectivity index (χ3n) is 2.48. The third kappa shape index (κ3) is 5.99. The van der Waals surface area contributed by atoms with Crippen molar-refractivity contribution in [2.75, 3.05) is 25.4 Å². The molecule has 17 heavy (non-hydrogen) atoms. The standard InChI is InChI=1S/C10H20N2O4S/c1-2-6-17(14,15)12-8-10(13)11-7-9-4-3-5-16-9/h9,12H,2-8H2,1H3,(H,11,13). The Morgan fingerprint density at radius 2 is 2.24 bits per heavy atom. The van der Waals surface area contributed by atoms with Crippen LogP contribution in [0.15, 0.2) is 0 Å². The van der Waals surface area contributed by atoms with Gasteiger partial charge in [0.25, 0.3) is 0 Å². The van der Waals surface area contributed by atoms with Crippen LogP contribution in [0.2, 0.25) is 0 Å². The molecular weight excluding hydrogens is 244 g/mol. The maximum Gasteiger partial charge on any atom is 0.235 e. The fourth-order valence-corrected chi connectivity index (χ4v) is 2.64. The Balaban J connectivity index is 2.16. The zero-order valence-corrected chi connectivity index (χ0v) is 10.9. The summed E-state index contributed by atoms with van der Waals surface area (Å²) < 4.78 is 30.1. The van der Waals surface area contributed by atoms with Crippen LogP contribution < -0.4 is 10.0 Å². The summed E-state index contributed by atoms with van der Waals surface area (Å²) in [5.74, 6) is -0.272. The largest absolute Gasteiger partial charge is 0.376 e. The molecule has 0 aromatic rings. The fourth-order valence-electron chi connectivity index (χ4n) is 1.61. The first-order valence-electron chi connectivity index (χ1n) is 5.89. The number of nitrogens with one attached hydrogen (secondary N) is 2. The Kier molecular flexibility index (Phi) is 5.87. The minimum atomic E-state index is -3.31. The molecule has 1 fully saturated rings. The Morgan fingerprint density at radius 1 is 1.47 bits per heavy atom. The second-order valence-corrected chi connectivity index (χ2v) is 6.01. The Hall–Kier alpha value is -0.660. The van der Waals surface area contributed by atoms with Gasteiger partial charge in [0.1, 0.15) is 0 Å².